The van der Waals surface area contributed by atoms with Crippen LogP contribution in [-0.2, 0) is 10.4 Å². The van der Waals surface area contributed by atoms with Crippen molar-refractivity contribution in [2.45, 2.75) is 31.9 Å². The van der Waals surface area contributed by atoms with Crippen LogP contribution in [0.15, 0.2) is 48.5 Å². The zero-order chi connectivity index (χ0) is 17.5. The van der Waals surface area contributed by atoms with Crippen LogP contribution in [0.25, 0.3) is 0 Å². The molecule has 0 saturated carbocycles. The summed E-state index contributed by atoms with van der Waals surface area (Å²) in [5.74, 6) is -1.16. The Bertz CT molecular complexity index is 815. The summed E-state index contributed by atoms with van der Waals surface area (Å²) < 4.78 is 0. The second kappa shape index (κ2) is 5.76. The van der Waals surface area contributed by atoms with Crippen LogP contribution in [0, 0.1) is 0 Å². The van der Waals surface area contributed by atoms with Gasteiger partial charge in [-0.15, -0.1) is 0 Å². The van der Waals surface area contributed by atoms with Crippen LogP contribution in [-0.4, -0.2) is 27.9 Å². The lowest BCUT2D eigenvalue weighted by Crippen LogP contribution is -2.44. The average Bonchev–Trinajstić information content (AvgIpc) is 2.76. The maximum atomic E-state index is 12.8. The lowest BCUT2D eigenvalue weighted by atomic mass is 9.88. The number of fused-ring (bicyclic) bond motifs is 1. The molecule has 124 valence electrons. The monoisotopic (exact) mass is 325 g/mol. The summed E-state index contributed by atoms with van der Waals surface area (Å²) in [5, 5.41) is 20.9. The molecule has 0 spiro atoms. The number of ketones is 1. The number of rotatable bonds is 4. The topological polar surface area (TPSA) is 77.8 Å². The number of aromatic hydroxyl groups is 1. The van der Waals surface area contributed by atoms with Crippen molar-refractivity contribution in [1.82, 2.24) is 0 Å². The van der Waals surface area contributed by atoms with Crippen molar-refractivity contribution in [3.05, 3.63) is 59.7 Å². The number of phenols is 1. The number of benzene rings is 2. The first kappa shape index (κ1) is 16.2. The minimum atomic E-state index is -1.92. The normalized spacial score (nSPS) is 19.7. The van der Waals surface area contributed by atoms with E-state index in [2.05, 4.69) is 0 Å². The minimum absolute atomic E-state index is 0.0965. The molecule has 3 rings (SSSR count). The molecule has 5 heteroatoms. The Kier molecular flexibility index (Phi) is 3.89. The molecule has 2 aromatic carbocycles. The van der Waals surface area contributed by atoms with E-state index in [1.807, 2.05) is 13.8 Å². The van der Waals surface area contributed by atoms with Gasteiger partial charge in [0.05, 0.1) is 17.7 Å². The van der Waals surface area contributed by atoms with Crippen molar-refractivity contribution in [2.24, 2.45) is 0 Å². The summed E-state index contributed by atoms with van der Waals surface area (Å²) in [6.45, 7) is 3.70. The van der Waals surface area contributed by atoms with Gasteiger partial charge in [0.1, 0.15) is 5.75 Å². The number of nitrogens with zero attached hydrogens (tertiary/aromatic N) is 1. The van der Waals surface area contributed by atoms with Gasteiger partial charge in [0, 0.05) is 11.6 Å². The van der Waals surface area contributed by atoms with E-state index in [0.717, 1.165) is 0 Å². The van der Waals surface area contributed by atoms with E-state index in [4.69, 9.17) is 0 Å². The van der Waals surface area contributed by atoms with Crippen LogP contribution in [0.4, 0.5) is 5.69 Å². The first-order valence-corrected chi connectivity index (χ1v) is 7.83. The fraction of sp³-hybridized carbons (Fsp3) is 0.263. The highest BCUT2D eigenvalue weighted by Crippen LogP contribution is 2.44. The predicted molar refractivity (Wildman–Crippen MR) is 90.0 cm³/mol. The molecule has 0 aliphatic carbocycles. The fourth-order valence-corrected chi connectivity index (χ4v) is 3.18. The molecule has 5 nitrogen and oxygen atoms in total. The molecule has 1 aliphatic rings. The van der Waals surface area contributed by atoms with Gasteiger partial charge in [-0.1, -0.05) is 30.3 Å². The number of anilines is 1. The summed E-state index contributed by atoms with van der Waals surface area (Å²) in [6.07, 6.45) is -0.413. The Labute approximate surface area is 140 Å². The zero-order valence-electron chi connectivity index (χ0n) is 13.6. The molecule has 0 unspecified atom stereocenters. The molecule has 1 aliphatic heterocycles. The first-order valence-electron chi connectivity index (χ1n) is 7.83. The standard InChI is InChI=1S/C19H19NO4/c1-12(2)20-15-9-5-4-8-14(15)19(24,18(20)23)11-17(22)13-7-3-6-10-16(13)21/h3-10,12,21,24H,11H2,1-2H3/t19-/m0/s1. The molecule has 0 saturated heterocycles. The van der Waals surface area contributed by atoms with Crippen LogP contribution < -0.4 is 4.90 Å². The molecule has 0 bridgehead atoms. The van der Waals surface area contributed by atoms with Gasteiger partial charge in [0.25, 0.3) is 5.91 Å². The number of Topliss-reactive ketones (excluding diaryl/α,β-unsaturated/α-hetero) is 1. The number of aliphatic hydroxyl groups is 1. The molecule has 0 fully saturated rings. The zero-order valence-corrected chi connectivity index (χ0v) is 13.6. The molecule has 0 aromatic heterocycles. The molecule has 1 amide bonds. The lowest BCUT2D eigenvalue weighted by Gasteiger charge is -2.25. The number of para-hydroxylation sites is 2. The van der Waals surface area contributed by atoms with E-state index in [9.17, 15) is 19.8 Å². The van der Waals surface area contributed by atoms with E-state index < -0.39 is 23.7 Å². The van der Waals surface area contributed by atoms with Gasteiger partial charge in [-0.05, 0) is 32.0 Å². The third-order valence-electron chi connectivity index (χ3n) is 4.32. The molecular formula is C19H19NO4. The number of phenolic OH excluding ortho intramolecular Hbond substituents is 1. The van der Waals surface area contributed by atoms with E-state index in [0.29, 0.717) is 11.3 Å². The maximum absolute atomic E-state index is 12.8. The molecule has 2 N–H and O–H groups in total. The van der Waals surface area contributed by atoms with Crippen LogP contribution >= 0.6 is 0 Å². The summed E-state index contributed by atoms with van der Waals surface area (Å²) in [6, 6.07) is 12.9. The second-order valence-corrected chi connectivity index (χ2v) is 6.26. The SMILES string of the molecule is CC(C)N1C(=O)[C@](O)(CC(=O)c2ccccc2O)c2ccccc21. The van der Waals surface area contributed by atoms with Gasteiger partial charge in [-0.25, -0.2) is 0 Å². The number of carbonyl (C=O) groups excluding carboxylic acids is 2. The van der Waals surface area contributed by atoms with Crippen LogP contribution in [0.3, 0.4) is 0 Å². The van der Waals surface area contributed by atoms with Crippen molar-refractivity contribution in [3.63, 3.8) is 0 Å². The predicted octanol–water partition coefficient (Wildman–Crippen LogP) is 2.61. The van der Waals surface area contributed by atoms with Crippen molar-refractivity contribution >= 4 is 17.4 Å². The maximum Gasteiger partial charge on any atom is 0.264 e. The summed E-state index contributed by atoms with van der Waals surface area (Å²) in [5.41, 5.74) is -0.781. The van der Waals surface area contributed by atoms with Gasteiger partial charge < -0.3 is 15.1 Å². The van der Waals surface area contributed by atoms with Crippen molar-refractivity contribution in [3.8, 4) is 5.75 Å². The van der Waals surface area contributed by atoms with E-state index in [1.54, 1.807) is 36.4 Å². The molecule has 2 aromatic rings. The quantitative estimate of drug-likeness (QED) is 0.847. The van der Waals surface area contributed by atoms with E-state index in [-0.39, 0.29) is 17.4 Å². The Morgan fingerprint density at radius 2 is 1.75 bits per heavy atom. The first-order chi connectivity index (χ1) is 11.4. The number of hydrogen-bond donors (Lipinski definition) is 2. The molecule has 0 radical (unpaired) electrons. The summed E-state index contributed by atoms with van der Waals surface area (Å²) in [4.78, 5) is 26.9. The molecule has 24 heavy (non-hydrogen) atoms. The minimum Gasteiger partial charge on any atom is -0.507 e. The van der Waals surface area contributed by atoms with Crippen molar-refractivity contribution in [2.75, 3.05) is 4.90 Å². The molecular weight excluding hydrogens is 306 g/mol. The third-order valence-corrected chi connectivity index (χ3v) is 4.32. The van der Waals surface area contributed by atoms with E-state index in [1.165, 1.54) is 17.0 Å². The van der Waals surface area contributed by atoms with Gasteiger partial charge in [-0.3, -0.25) is 9.59 Å². The van der Waals surface area contributed by atoms with Crippen LogP contribution in [0.5, 0.6) is 5.75 Å². The van der Waals surface area contributed by atoms with E-state index >= 15 is 0 Å². The fourth-order valence-electron chi connectivity index (χ4n) is 3.18. The third kappa shape index (κ3) is 2.37. The Morgan fingerprint density at radius 1 is 1.12 bits per heavy atom. The van der Waals surface area contributed by atoms with Crippen molar-refractivity contribution < 1.29 is 19.8 Å². The Hall–Kier alpha value is -2.66. The highest BCUT2D eigenvalue weighted by Gasteiger charge is 2.51. The number of hydrogen-bond acceptors (Lipinski definition) is 4. The number of carbonyl (C=O) groups is 2. The number of amides is 1. The van der Waals surface area contributed by atoms with Gasteiger partial charge in [-0.2, -0.15) is 0 Å². The Morgan fingerprint density at radius 3 is 2.42 bits per heavy atom. The average molecular weight is 325 g/mol. The largest absolute Gasteiger partial charge is 0.507 e. The smallest absolute Gasteiger partial charge is 0.264 e. The van der Waals surface area contributed by atoms with Crippen molar-refractivity contribution in [1.29, 1.82) is 0 Å². The van der Waals surface area contributed by atoms with Gasteiger partial charge in [0.2, 0.25) is 0 Å². The van der Waals surface area contributed by atoms with Gasteiger partial charge >= 0.3 is 0 Å². The van der Waals surface area contributed by atoms with Gasteiger partial charge in [0.15, 0.2) is 11.4 Å². The second-order valence-electron chi connectivity index (χ2n) is 6.26. The highest BCUT2D eigenvalue weighted by atomic mass is 16.3. The molecule has 1 atom stereocenters. The summed E-state index contributed by atoms with van der Waals surface area (Å²) in [7, 11) is 0. The molecule has 1 heterocycles. The lowest BCUT2D eigenvalue weighted by molar-refractivity contribution is -0.136. The highest BCUT2D eigenvalue weighted by molar-refractivity contribution is 6.11. The Balaban J connectivity index is 2.02. The summed E-state index contributed by atoms with van der Waals surface area (Å²) >= 11 is 0. The van der Waals surface area contributed by atoms with Crippen LogP contribution in [0.2, 0.25) is 0 Å². The van der Waals surface area contributed by atoms with Crippen LogP contribution in [0.1, 0.15) is 36.2 Å².